The molecule has 22 heavy (non-hydrogen) atoms. The average molecular weight is 300 g/mol. The highest BCUT2D eigenvalue weighted by Gasteiger charge is 2.47. The number of fused-ring (bicyclic) bond motifs is 3. The predicted octanol–water partition coefficient (Wildman–Crippen LogP) is 2.04. The summed E-state index contributed by atoms with van der Waals surface area (Å²) in [6.45, 7) is 3.90. The number of carboxylic acids is 1. The van der Waals surface area contributed by atoms with Crippen LogP contribution < -0.4 is 10.4 Å². The van der Waals surface area contributed by atoms with Crippen LogP contribution in [0, 0.1) is 37.5 Å². The number of nitrogens with one attached hydrogen (secondary N) is 1. The first-order valence-corrected chi connectivity index (χ1v) is 8.07. The van der Waals surface area contributed by atoms with Gasteiger partial charge in [-0.1, -0.05) is 18.2 Å². The summed E-state index contributed by atoms with van der Waals surface area (Å²) >= 11 is 0. The molecule has 1 N–H and O–H groups in total. The van der Waals surface area contributed by atoms with Gasteiger partial charge in [0.25, 0.3) is 0 Å². The van der Waals surface area contributed by atoms with Crippen molar-refractivity contribution in [2.45, 2.75) is 39.5 Å². The summed E-state index contributed by atoms with van der Waals surface area (Å²) in [6, 6.07) is 5.85. The summed E-state index contributed by atoms with van der Waals surface area (Å²) in [7, 11) is 0. The average Bonchev–Trinajstić information content (AvgIpc) is 2.51. The number of anilines is 1. The van der Waals surface area contributed by atoms with Gasteiger partial charge in [-0.05, 0) is 62.5 Å². The first kappa shape index (κ1) is 15.1. The largest absolute Gasteiger partial charge is 0.550 e. The Morgan fingerprint density at radius 3 is 2.00 bits per heavy atom. The summed E-state index contributed by atoms with van der Waals surface area (Å²) in [5.74, 6) is -2.01. The summed E-state index contributed by atoms with van der Waals surface area (Å²) in [5, 5.41) is 14.5. The number of carbonyl (C=O) groups excluding carboxylic acids is 2. The van der Waals surface area contributed by atoms with Gasteiger partial charge in [0.1, 0.15) is 0 Å². The third-order valence-electron chi connectivity index (χ3n) is 5.52. The molecule has 4 nitrogen and oxygen atoms in total. The molecule has 2 bridgehead atoms. The fourth-order valence-electron chi connectivity index (χ4n) is 4.38. The molecule has 1 aromatic carbocycles. The van der Waals surface area contributed by atoms with Gasteiger partial charge < -0.3 is 15.2 Å². The number of para-hydroxylation sites is 1. The SMILES string of the molecule is Cc1cccc(C)c1NC(=O)[C@@H]1C2CCC(CC2)[C@@H]1C(=O)[O-]. The fourth-order valence-corrected chi connectivity index (χ4v) is 4.38. The molecule has 3 saturated carbocycles. The van der Waals surface area contributed by atoms with E-state index in [1.165, 1.54) is 0 Å². The molecule has 0 unspecified atom stereocenters. The molecule has 3 aliphatic rings. The van der Waals surface area contributed by atoms with Crippen LogP contribution in [-0.2, 0) is 9.59 Å². The van der Waals surface area contributed by atoms with Crippen molar-refractivity contribution in [2.75, 3.05) is 5.32 Å². The number of rotatable bonds is 3. The predicted molar refractivity (Wildman–Crippen MR) is 82.0 cm³/mol. The van der Waals surface area contributed by atoms with Crippen LogP contribution >= 0.6 is 0 Å². The third kappa shape index (κ3) is 2.51. The highest BCUT2D eigenvalue weighted by atomic mass is 16.4. The van der Waals surface area contributed by atoms with Crippen molar-refractivity contribution in [3.8, 4) is 0 Å². The van der Waals surface area contributed by atoms with E-state index in [0.29, 0.717) is 0 Å². The second kappa shape index (κ2) is 5.75. The van der Waals surface area contributed by atoms with Crippen molar-refractivity contribution in [2.24, 2.45) is 23.7 Å². The van der Waals surface area contributed by atoms with E-state index >= 15 is 0 Å². The first-order valence-electron chi connectivity index (χ1n) is 8.07. The molecule has 2 atom stereocenters. The zero-order chi connectivity index (χ0) is 15.9. The molecule has 0 spiro atoms. The highest BCUT2D eigenvalue weighted by Crippen LogP contribution is 2.49. The Bertz CT molecular complexity index is 582. The molecule has 4 heteroatoms. The minimum atomic E-state index is -1.06. The lowest BCUT2D eigenvalue weighted by molar-refractivity contribution is -0.318. The fraction of sp³-hybridized carbons (Fsp3) is 0.556. The Balaban J connectivity index is 1.86. The third-order valence-corrected chi connectivity index (χ3v) is 5.52. The van der Waals surface area contributed by atoms with Crippen LogP contribution in [0.15, 0.2) is 18.2 Å². The van der Waals surface area contributed by atoms with Gasteiger partial charge in [-0.15, -0.1) is 0 Å². The van der Waals surface area contributed by atoms with Crippen molar-refractivity contribution in [1.29, 1.82) is 0 Å². The van der Waals surface area contributed by atoms with Gasteiger partial charge in [0, 0.05) is 23.5 Å². The number of carboxylic acid groups (broad SMARTS) is 1. The number of aliphatic carboxylic acids is 1. The number of carbonyl (C=O) groups is 2. The van der Waals surface area contributed by atoms with E-state index in [0.717, 1.165) is 42.5 Å². The maximum Gasteiger partial charge on any atom is 0.228 e. The van der Waals surface area contributed by atoms with Gasteiger partial charge in [-0.25, -0.2) is 0 Å². The van der Waals surface area contributed by atoms with Gasteiger partial charge in [0.05, 0.1) is 0 Å². The molecule has 118 valence electrons. The van der Waals surface area contributed by atoms with E-state index < -0.39 is 17.8 Å². The summed E-state index contributed by atoms with van der Waals surface area (Å²) in [5.41, 5.74) is 2.81. The van der Waals surface area contributed by atoms with E-state index in [4.69, 9.17) is 0 Å². The monoisotopic (exact) mass is 300 g/mol. The number of hydrogen-bond donors (Lipinski definition) is 1. The Hall–Kier alpha value is -1.84. The van der Waals surface area contributed by atoms with Crippen LogP contribution in [0.25, 0.3) is 0 Å². The highest BCUT2D eigenvalue weighted by molar-refractivity contribution is 5.96. The van der Waals surface area contributed by atoms with Crippen molar-refractivity contribution in [3.05, 3.63) is 29.3 Å². The Labute approximate surface area is 130 Å². The van der Waals surface area contributed by atoms with Crippen LogP contribution in [0.1, 0.15) is 36.8 Å². The molecule has 3 aliphatic carbocycles. The van der Waals surface area contributed by atoms with Gasteiger partial charge in [0.2, 0.25) is 5.91 Å². The number of aryl methyl sites for hydroxylation is 2. The lowest BCUT2D eigenvalue weighted by Crippen LogP contribution is -2.52. The standard InChI is InChI=1S/C18H23NO3/c1-10-4-3-5-11(2)16(10)19-17(20)14-12-6-8-13(9-7-12)15(14)18(21)22/h3-5,12-15H,6-9H2,1-2H3,(H,19,20)(H,21,22)/p-1/t12?,13?,14-,15+/m1/s1. The van der Waals surface area contributed by atoms with Gasteiger partial charge >= 0.3 is 0 Å². The quantitative estimate of drug-likeness (QED) is 0.928. The second-order valence-electron chi connectivity index (χ2n) is 6.80. The Morgan fingerprint density at radius 1 is 1.00 bits per heavy atom. The van der Waals surface area contributed by atoms with Crippen molar-refractivity contribution < 1.29 is 14.7 Å². The molecule has 0 aliphatic heterocycles. The van der Waals surface area contributed by atoms with Crippen molar-refractivity contribution >= 4 is 17.6 Å². The van der Waals surface area contributed by atoms with Gasteiger partial charge in [0.15, 0.2) is 0 Å². The van der Waals surface area contributed by atoms with E-state index in [2.05, 4.69) is 5.32 Å². The molecular weight excluding hydrogens is 278 g/mol. The molecule has 0 heterocycles. The maximum absolute atomic E-state index is 12.8. The number of benzene rings is 1. The van der Waals surface area contributed by atoms with E-state index in [-0.39, 0.29) is 17.7 Å². The van der Waals surface area contributed by atoms with Crippen molar-refractivity contribution in [3.63, 3.8) is 0 Å². The van der Waals surface area contributed by atoms with Gasteiger partial charge in [-0.2, -0.15) is 0 Å². The van der Waals surface area contributed by atoms with Crippen LogP contribution in [0.3, 0.4) is 0 Å². The second-order valence-corrected chi connectivity index (χ2v) is 6.80. The molecule has 0 saturated heterocycles. The smallest absolute Gasteiger partial charge is 0.228 e. The van der Waals surface area contributed by atoms with Crippen LogP contribution in [0.5, 0.6) is 0 Å². The van der Waals surface area contributed by atoms with Crippen LogP contribution in [-0.4, -0.2) is 11.9 Å². The molecule has 0 aromatic heterocycles. The Kier molecular flexibility index (Phi) is 3.94. The van der Waals surface area contributed by atoms with Gasteiger partial charge in [-0.3, -0.25) is 4.79 Å². The number of hydrogen-bond acceptors (Lipinski definition) is 3. The normalized spacial score (nSPS) is 30.1. The maximum atomic E-state index is 12.8. The topological polar surface area (TPSA) is 69.2 Å². The van der Waals surface area contributed by atoms with E-state index in [9.17, 15) is 14.7 Å². The summed E-state index contributed by atoms with van der Waals surface area (Å²) in [4.78, 5) is 24.3. The molecular formula is C18H22NO3-. The first-order chi connectivity index (χ1) is 10.5. The molecule has 1 amide bonds. The molecule has 1 aromatic rings. The summed E-state index contributed by atoms with van der Waals surface area (Å²) < 4.78 is 0. The molecule has 4 rings (SSSR count). The molecule has 0 radical (unpaired) electrons. The van der Waals surface area contributed by atoms with E-state index in [1.54, 1.807) is 0 Å². The lowest BCUT2D eigenvalue weighted by atomic mass is 9.58. The Morgan fingerprint density at radius 2 is 1.50 bits per heavy atom. The lowest BCUT2D eigenvalue weighted by Gasteiger charge is -2.48. The van der Waals surface area contributed by atoms with Crippen molar-refractivity contribution in [1.82, 2.24) is 0 Å². The summed E-state index contributed by atoms with van der Waals surface area (Å²) in [6.07, 6.45) is 3.74. The van der Waals surface area contributed by atoms with E-state index in [1.807, 2.05) is 32.0 Å². The number of amides is 1. The zero-order valence-corrected chi connectivity index (χ0v) is 13.1. The van der Waals surface area contributed by atoms with Crippen LogP contribution in [0.2, 0.25) is 0 Å². The minimum Gasteiger partial charge on any atom is -0.550 e. The van der Waals surface area contributed by atoms with Crippen LogP contribution in [0.4, 0.5) is 5.69 Å². The minimum absolute atomic E-state index is 0.101. The molecule has 3 fully saturated rings. The zero-order valence-electron chi connectivity index (χ0n) is 13.1.